The summed E-state index contributed by atoms with van der Waals surface area (Å²) >= 11 is 4.58. The van der Waals surface area contributed by atoms with Crippen LogP contribution in [0.2, 0.25) is 0 Å². The fourth-order valence-corrected chi connectivity index (χ4v) is 4.62. The molecule has 1 aliphatic rings. The number of thiazole rings is 1. The van der Waals surface area contributed by atoms with Crippen LogP contribution >= 0.6 is 27.3 Å². The Bertz CT molecular complexity index is 1380. The Morgan fingerprint density at radius 3 is 2.58 bits per heavy atom. The second-order valence-electron chi connectivity index (χ2n) is 7.03. The molecule has 8 heteroatoms. The molecule has 0 radical (unpaired) electrons. The lowest BCUT2D eigenvalue weighted by Crippen LogP contribution is -2.37. The molecule has 3 amide bonds. The van der Waals surface area contributed by atoms with Crippen molar-refractivity contribution in [1.29, 1.82) is 0 Å². The zero-order chi connectivity index (χ0) is 21.5. The molecular formula is C23H14BrN3O3S. The molecule has 0 saturated carbocycles. The number of aromatic nitrogens is 1. The normalized spacial score (nSPS) is 13.0. The third-order valence-electron chi connectivity index (χ3n) is 5.03. The predicted molar refractivity (Wildman–Crippen MR) is 123 cm³/mol. The first-order valence-electron chi connectivity index (χ1n) is 9.40. The van der Waals surface area contributed by atoms with E-state index in [1.807, 2.05) is 47.8 Å². The van der Waals surface area contributed by atoms with Gasteiger partial charge in [-0.15, -0.1) is 11.3 Å². The lowest BCUT2D eigenvalue weighted by atomic mass is 10.1. The SMILES string of the molecule is O=C(CN1C(=O)c2ccc(Br)cc2C1=O)Nc1nc(-c2ccc3ccccc3c2)cs1. The van der Waals surface area contributed by atoms with E-state index >= 15 is 0 Å². The number of rotatable bonds is 4. The molecule has 0 saturated heterocycles. The van der Waals surface area contributed by atoms with E-state index in [0.29, 0.717) is 20.7 Å². The third-order valence-corrected chi connectivity index (χ3v) is 6.28. The van der Waals surface area contributed by atoms with Gasteiger partial charge in [0.15, 0.2) is 5.13 Å². The molecular weight excluding hydrogens is 478 g/mol. The van der Waals surface area contributed by atoms with Crippen molar-refractivity contribution >= 4 is 60.9 Å². The quantitative estimate of drug-likeness (QED) is 0.409. The maximum atomic E-state index is 12.5. The van der Waals surface area contributed by atoms with Crippen molar-refractivity contribution in [3.05, 3.63) is 81.6 Å². The van der Waals surface area contributed by atoms with Crippen LogP contribution in [0, 0.1) is 0 Å². The Balaban J connectivity index is 1.30. The lowest BCUT2D eigenvalue weighted by molar-refractivity contribution is -0.116. The summed E-state index contributed by atoms with van der Waals surface area (Å²) in [7, 11) is 0. The van der Waals surface area contributed by atoms with E-state index in [0.717, 1.165) is 26.9 Å². The van der Waals surface area contributed by atoms with Crippen LogP contribution in [0.25, 0.3) is 22.0 Å². The maximum absolute atomic E-state index is 12.5. The molecule has 2 heterocycles. The van der Waals surface area contributed by atoms with E-state index in [2.05, 4.69) is 26.2 Å². The largest absolute Gasteiger partial charge is 0.300 e. The van der Waals surface area contributed by atoms with Crippen molar-refractivity contribution in [3.63, 3.8) is 0 Å². The van der Waals surface area contributed by atoms with Gasteiger partial charge >= 0.3 is 0 Å². The highest BCUT2D eigenvalue weighted by atomic mass is 79.9. The summed E-state index contributed by atoms with van der Waals surface area (Å²) in [6, 6.07) is 19.0. The molecule has 152 valence electrons. The Morgan fingerprint density at radius 1 is 0.968 bits per heavy atom. The number of imide groups is 1. The van der Waals surface area contributed by atoms with Crippen molar-refractivity contribution in [1.82, 2.24) is 9.88 Å². The highest BCUT2D eigenvalue weighted by Crippen LogP contribution is 2.29. The van der Waals surface area contributed by atoms with Gasteiger partial charge in [-0.1, -0.05) is 52.3 Å². The van der Waals surface area contributed by atoms with Gasteiger partial charge in [0.05, 0.1) is 16.8 Å². The number of nitrogens with one attached hydrogen (secondary N) is 1. The van der Waals surface area contributed by atoms with Gasteiger partial charge < -0.3 is 5.32 Å². The molecule has 1 aliphatic heterocycles. The number of hydrogen-bond donors (Lipinski definition) is 1. The summed E-state index contributed by atoms with van der Waals surface area (Å²) in [6.07, 6.45) is 0. The van der Waals surface area contributed by atoms with Gasteiger partial charge in [0.2, 0.25) is 5.91 Å². The monoisotopic (exact) mass is 491 g/mol. The van der Waals surface area contributed by atoms with Crippen LogP contribution in [0.1, 0.15) is 20.7 Å². The average Bonchev–Trinajstić information content (AvgIpc) is 3.32. The average molecular weight is 492 g/mol. The van der Waals surface area contributed by atoms with Crippen molar-refractivity contribution in [2.24, 2.45) is 0 Å². The number of carbonyl (C=O) groups is 3. The number of amides is 3. The van der Waals surface area contributed by atoms with Crippen molar-refractivity contribution in [2.45, 2.75) is 0 Å². The highest BCUT2D eigenvalue weighted by molar-refractivity contribution is 9.10. The zero-order valence-electron chi connectivity index (χ0n) is 16.0. The van der Waals surface area contributed by atoms with Crippen LogP contribution in [0.3, 0.4) is 0 Å². The lowest BCUT2D eigenvalue weighted by Gasteiger charge is -2.12. The first-order valence-corrected chi connectivity index (χ1v) is 11.1. The summed E-state index contributed by atoms with van der Waals surface area (Å²) in [6.45, 7) is -0.366. The minimum atomic E-state index is -0.479. The molecule has 0 aliphatic carbocycles. The molecule has 0 spiro atoms. The third kappa shape index (κ3) is 3.64. The molecule has 0 bridgehead atoms. The number of nitrogens with zero attached hydrogens (tertiary/aromatic N) is 2. The number of benzene rings is 3. The topological polar surface area (TPSA) is 79.4 Å². The number of anilines is 1. The fourth-order valence-electron chi connectivity index (χ4n) is 3.52. The van der Waals surface area contributed by atoms with E-state index < -0.39 is 17.7 Å². The van der Waals surface area contributed by atoms with Gasteiger partial charge in [-0.2, -0.15) is 0 Å². The van der Waals surface area contributed by atoms with Crippen molar-refractivity contribution in [2.75, 3.05) is 11.9 Å². The van der Waals surface area contributed by atoms with Crippen molar-refractivity contribution < 1.29 is 14.4 Å². The van der Waals surface area contributed by atoms with E-state index in [4.69, 9.17) is 0 Å². The first kappa shape index (κ1) is 19.6. The highest BCUT2D eigenvalue weighted by Gasteiger charge is 2.36. The van der Waals surface area contributed by atoms with Crippen LogP contribution in [0.15, 0.2) is 70.5 Å². The molecule has 0 atom stereocenters. The molecule has 4 aromatic rings. The van der Waals surface area contributed by atoms with E-state index in [-0.39, 0.29) is 6.54 Å². The van der Waals surface area contributed by atoms with Crippen LogP contribution in [0.5, 0.6) is 0 Å². The minimum absolute atomic E-state index is 0.292. The number of halogens is 1. The van der Waals surface area contributed by atoms with E-state index in [9.17, 15) is 14.4 Å². The fraction of sp³-hybridized carbons (Fsp3) is 0.0435. The van der Waals surface area contributed by atoms with E-state index in [1.54, 1.807) is 18.2 Å². The summed E-state index contributed by atoms with van der Waals surface area (Å²) in [5.41, 5.74) is 2.28. The van der Waals surface area contributed by atoms with Crippen molar-refractivity contribution in [3.8, 4) is 11.3 Å². The van der Waals surface area contributed by atoms with Gasteiger partial charge in [-0.25, -0.2) is 4.98 Å². The Labute approximate surface area is 189 Å². The molecule has 5 rings (SSSR count). The first-order chi connectivity index (χ1) is 15.0. The molecule has 0 fully saturated rings. The van der Waals surface area contributed by atoms with Crippen LogP contribution < -0.4 is 5.32 Å². The number of hydrogen-bond acceptors (Lipinski definition) is 5. The summed E-state index contributed by atoms with van der Waals surface area (Å²) in [5.74, 6) is -1.43. The summed E-state index contributed by atoms with van der Waals surface area (Å²) < 4.78 is 0.697. The summed E-state index contributed by atoms with van der Waals surface area (Å²) in [5, 5.41) is 7.21. The maximum Gasteiger partial charge on any atom is 0.262 e. The molecule has 1 N–H and O–H groups in total. The van der Waals surface area contributed by atoms with Gasteiger partial charge in [-0.3, -0.25) is 19.3 Å². The Hall–Kier alpha value is -3.36. The number of carbonyl (C=O) groups excluding carboxylic acids is 3. The van der Waals surface area contributed by atoms with Gasteiger partial charge in [-0.05, 0) is 35.0 Å². The van der Waals surface area contributed by atoms with Crippen LogP contribution in [-0.2, 0) is 4.79 Å². The van der Waals surface area contributed by atoms with Gasteiger partial charge in [0.1, 0.15) is 6.54 Å². The summed E-state index contributed by atoms with van der Waals surface area (Å²) in [4.78, 5) is 43.0. The molecule has 31 heavy (non-hydrogen) atoms. The second kappa shape index (κ2) is 7.72. The minimum Gasteiger partial charge on any atom is -0.300 e. The zero-order valence-corrected chi connectivity index (χ0v) is 18.4. The Kier molecular flexibility index (Phi) is 4.88. The molecule has 0 unspecified atom stereocenters. The van der Waals surface area contributed by atoms with Crippen LogP contribution in [-0.4, -0.2) is 34.2 Å². The Morgan fingerprint density at radius 2 is 1.74 bits per heavy atom. The standard InChI is InChI=1S/C23H14BrN3O3S/c24-16-7-8-17-18(10-16)22(30)27(21(17)29)11-20(28)26-23-25-19(12-31-23)15-6-5-13-3-1-2-4-14(13)9-15/h1-10,12H,11H2,(H,25,26,28). The number of fused-ring (bicyclic) bond motifs is 2. The molecule has 6 nitrogen and oxygen atoms in total. The van der Waals surface area contributed by atoms with Gasteiger partial charge in [0, 0.05) is 15.4 Å². The van der Waals surface area contributed by atoms with Gasteiger partial charge in [0.25, 0.3) is 11.8 Å². The molecule has 1 aromatic heterocycles. The second-order valence-corrected chi connectivity index (χ2v) is 8.81. The molecule has 3 aromatic carbocycles. The van der Waals surface area contributed by atoms with E-state index in [1.165, 1.54) is 11.3 Å². The smallest absolute Gasteiger partial charge is 0.262 e. The van der Waals surface area contributed by atoms with Crippen LogP contribution in [0.4, 0.5) is 5.13 Å². The predicted octanol–water partition coefficient (Wildman–Crippen LogP) is 4.96.